The van der Waals surface area contributed by atoms with Gasteiger partial charge in [-0.3, -0.25) is 4.98 Å². The Bertz CT molecular complexity index is 807. The summed E-state index contributed by atoms with van der Waals surface area (Å²) in [5, 5.41) is 4.52. The Balaban J connectivity index is 1.80. The van der Waals surface area contributed by atoms with Crippen LogP contribution in [0.15, 0.2) is 30.5 Å². The number of rotatable bonds is 4. The first-order valence-corrected chi connectivity index (χ1v) is 10.7. The second-order valence-corrected chi connectivity index (χ2v) is 8.28. The summed E-state index contributed by atoms with van der Waals surface area (Å²) < 4.78 is 2.41. The van der Waals surface area contributed by atoms with Crippen molar-refractivity contribution >= 4 is 17.3 Å². The standard InChI is InChI=1S/C22H30N4S/c1-4-25-15(2)14-18(16(25)3)21-20(19-12-8-9-13-23-19)24-22(27)26(21)17-10-6-5-7-11-17/h8-9,12-14,17,20-21H,4-7,10-11H2,1-3H3,(H,24,27)/t20-,21-/m0/s1. The van der Waals surface area contributed by atoms with Crippen LogP contribution in [0, 0.1) is 13.8 Å². The Kier molecular flexibility index (Phi) is 5.22. The molecule has 1 saturated carbocycles. The van der Waals surface area contributed by atoms with E-state index < -0.39 is 0 Å². The predicted molar refractivity (Wildman–Crippen MR) is 114 cm³/mol. The van der Waals surface area contributed by atoms with Gasteiger partial charge in [-0.15, -0.1) is 0 Å². The Morgan fingerprint density at radius 2 is 1.96 bits per heavy atom. The summed E-state index contributed by atoms with van der Waals surface area (Å²) in [5.74, 6) is 0. The summed E-state index contributed by atoms with van der Waals surface area (Å²) in [6, 6.07) is 9.38. The van der Waals surface area contributed by atoms with Crippen molar-refractivity contribution in [3.05, 3.63) is 53.1 Å². The largest absolute Gasteiger partial charge is 0.352 e. The smallest absolute Gasteiger partial charge is 0.170 e. The zero-order valence-electron chi connectivity index (χ0n) is 16.6. The quantitative estimate of drug-likeness (QED) is 0.768. The van der Waals surface area contributed by atoms with E-state index in [4.69, 9.17) is 12.2 Å². The lowest BCUT2D eigenvalue weighted by molar-refractivity contribution is 0.196. The molecule has 5 heteroatoms. The van der Waals surface area contributed by atoms with E-state index in [1.807, 2.05) is 12.3 Å². The number of aromatic nitrogens is 2. The van der Waals surface area contributed by atoms with E-state index in [0.717, 1.165) is 17.4 Å². The second kappa shape index (κ2) is 7.63. The van der Waals surface area contributed by atoms with Crippen molar-refractivity contribution in [2.45, 2.75) is 77.5 Å². The molecule has 1 aliphatic heterocycles. The van der Waals surface area contributed by atoms with Crippen molar-refractivity contribution < 1.29 is 0 Å². The van der Waals surface area contributed by atoms with Crippen LogP contribution in [0.2, 0.25) is 0 Å². The Morgan fingerprint density at radius 1 is 1.19 bits per heavy atom. The Morgan fingerprint density at radius 3 is 2.59 bits per heavy atom. The van der Waals surface area contributed by atoms with E-state index in [1.54, 1.807) is 0 Å². The van der Waals surface area contributed by atoms with Crippen LogP contribution in [0.25, 0.3) is 0 Å². The van der Waals surface area contributed by atoms with Crippen molar-refractivity contribution in [2.75, 3.05) is 0 Å². The molecule has 0 aromatic carbocycles. The molecule has 1 aliphatic carbocycles. The molecule has 2 fully saturated rings. The highest BCUT2D eigenvalue weighted by Crippen LogP contribution is 2.43. The van der Waals surface area contributed by atoms with Gasteiger partial charge in [0.05, 0.1) is 17.8 Å². The van der Waals surface area contributed by atoms with Gasteiger partial charge in [0.25, 0.3) is 0 Å². The van der Waals surface area contributed by atoms with Gasteiger partial charge in [-0.05, 0) is 69.6 Å². The van der Waals surface area contributed by atoms with Crippen LogP contribution >= 0.6 is 12.2 Å². The summed E-state index contributed by atoms with van der Waals surface area (Å²) in [7, 11) is 0. The average molecular weight is 383 g/mol. The minimum absolute atomic E-state index is 0.103. The first-order chi connectivity index (χ1) is 13.1. The van der Waals surface area contributed by atoms with Gasteiger partial charge < -0.3 is 14.8 Å². The molecule has 2 atom stereocenters. The molecule has 0 spiro atoms. The molecule has 27 heavy (non-hydrogen) atoms. The van der Waals surface area contributed by atoms with E-state index in [2.05, 4.69) is 58.7 Å². The minimum atomic E-state index is 0.103. The number of nitrogens with one attached hydrogen (secondary N) is 1. The predicted octanol–water partition coefficient (Wildman–Crippen LogP) is 4.83. The molecule has 0 radical (unpaired) electrons. The maximum absolute atomic E-state index is 5.87. The molecule has 1 N–H and O–H groups in total. The number of nitrogens with zero attached hydrogens (tertiary/aromatic N) is 3. The number of hydrogen-bond donors (Lipinski definition) is 1. The zero-order chi connectivity index (χ0) is 19.0. The molecule has 3 heterocycles. The van der Waals surface area contributed by atoms with Gasteiger partial charge in [0, 0.05) is 30.2 Å². The maximum atomic E-state index is 5.87. The maximum Gasteiger partial charge on any atom is 0.170 e. The fraction of sp³-hybridized carbons (Fsp3) is 0.545. The van der Waals surface area contributed by atoms with Gasteiger partial charge >= 0.3 is 0 Å². The third-order valence-electron chi connectivity index (χ3n) is 6.35. The van der Waals surface area contributed by atoms with Crippen LogP contribution in [0.3, 0.4) is 0 Å². The van der Waals surface area contributed by atoms with E-state index in [1.165, 1.54) is 49.1 Å². The first kappa shape index (κ1) is 18.5. The lowest BCUT2D eigenvalue weighted by Crippen LogP contribution is -2.40. The monoisotopic (exact) mass is 382 g/mol. The van der Waals surface area contributed by atoms with Crippen LogP contribution < -0.4 is 5.32 Å². The number of hydrogen-bond acceptors (Lipinski definition) is 2. The second-order valence-electron chi connectivity index (χ2n) is 7.90. The number of thiocarbonyl (C=S) groups is 1. The zero-order valence-corrected chi connectivity index (χ0v) is 17.4. The van der Waals surface area contributed by atoms with Crippen molar-refractivity contribution in [3.8, 4) is 0 Å². The summed E-state index contributed by atoms with van der Waals surface area (Å²) >= 11 is 5.87. The molecule has 4 nitrogen and oxygen atoms in total. The van der Waals surface area contributed by atoms with Crippen molar-refractivity contribution in [3.63, 3.8) is 0 Å². The van der Waals surface area contributed by atoms with Crippen LogP contribution in [-0.2, 0) is 6.54 Å². The van der Waals surface area contributed by atoms with Gasteiger partial charge in [0.1, 0.15) is 0 Å². The summed E-state index contributed by atoms with van der Waals surface area (Å²) in [6.45, 7) is 7.68. The lowest BCUT2D eigenvalue weighted by Gasteiger charge is -2.37. The molecule has 2 aromatic rings. The molecular weight excluding hydrogens is 352 g/mol. The van der Waals surface area contributed by atoms with Crippen LogP contribution in [0.4, 0.5) is 0 Å². The van der Waals surface area contributed by atoms with Crippen molar-refractivity contribution in [1.29, 1.82) is 0 Å². The van der Waals surface area contributed by atoms with Crippen LogP contribution in [-0.4, -0.2) is 25.6 Å². The van der Waals surface area contributed by atoms with Crippen molar-refractivity contribution in [2.24, 2.45) is 0 Å². The summed E-state index contributed by atoms with van der Waals surface area (Å²) in [5.41, 5.74) is 5.15. The molecule has 2 aromatic heterocycles. The van der Waals surface area contributed by atoms with Gasteiger partial charge in [-0.1, -0.05) is 25.3 Å². The summed E-state index contributed by atoms with van der Waals surface area (Å²) in [6.07, 6.45) is 8.32. The normalized spacial score (nSPS) is 23.7. The molecule has 1 saturated heterocycles. The van der Waals surface area contributed by atoms with Gasteiger partial charge in [0.15, 0.2) is 5.11 Å². The van der Waals surface area contributed by atoms with Gasteiger partial charge in [0.2, 0.25) is 0 Å². The average Bonchev–Trinajstić information content (AvgIpc) is 3.18. The topological polar surface area (TPSA) is 33.1 Å². The Labute approximate surface area is 168 Å². The Hall–Kier alpha value is -1.88. The fourth-order valence-corrected chi connectivity index (χ4v) is 5.45. The van der Waals surface area contributed by atoms with E-state index >= 15 is 0 Å². The highest BCUT2D eigenvalue weighted by molar-refractivity contribution is 7.80. The molecule has 2 aliphatic rings. The SMILES string of the molecule is CCn1c(C)cc([C@H]2[C@H](c3ccccn3)NC(=S)N2C2CCCCC2)c1C. The molecular formula is C22H30N4S. The molecule has 4 rings (SSSR count). The number of pyridine rings is 1. The fourth-order valence-electron chi connectivity index (χ4n) is 5.06. The van der Waals surface area contributed by atoms with Crippen LogP contribution in [0.1, 0.15) is 73.8 Å². The summed E-state index contributed by atoms with van der Waals surface area (Å²) in [4.78, 5) is 7.18. The van der Waals surface area contributed by atoms with Gasteiger partial charge in [-0.25, -0.2) is 0 Å². The highest BCUT2D eigenvalue weighted by atomic mass is 32.1. The minimum Gasteiger partial charge on any atom is -0.352 e. The highest BCUT2D eigenvalue weighted by Gasteiger charge is 2.44. The van der Waals surface area contributed by atoms with Crippen LogP contribution in [0.5, 0.6) is 0 Å². The van der Waals surface area contributed by atoms with E-state index in [-0.39, 0.29) is 12.1 Å². The molecule has 0 bridgehead atoms. The molecule has 0 unspecified atom stereocenters. The van der Waals surface area contributed by atoms with E-state index in [9.17, 15) is 0 Å². The first-order valence-electron chi connectivity index (χ1n) is 10.3. The molecule has 0 amide bonds. The third kappa shape index (κ3) is 3.27. The van der Waals surface area contributed by atoms with Crippen molar-refractivity contribution in [1.82, 2.24) is 19.8 Å². The molecule has 144 valence electrons. The third-order valence-corrected chi connectivity index (χ3v) is 6.68. The number of aryl methyl sites for hydroxylation is 1. The van der Waals surface area contributed by atoms with E-state index in [0.29, 0.717) is 6.04 Å². The lowest BCUT2D eigenvalue weighted by atomic mass is 9.90. The van der Waals surface area contributed by atoms with Gasteiger partial charge in [-0.2, -0.15) is 0 Å².